The number of pyridine rings is 1. The van der Waals surface area contributed by atoms with E-state index in [-0.39, 0.29) is 12.5 Å². The second kappa shape index (κ2) is 8.62. The molecule has 0 unspecified atom stereocenters. The quantitative estimate of drug-likeness (QED) is 0.850. The average Bonchev–Trinajstić information content (AvgIpc) is 2.64. The van der Waals surface area contributed by atoms with Crippen LogP contribution in [0.2, 0.25) is 0 Å². The maximum Gasteiger partial charge on any atom is 0.238 e. The molecule has 1 aliphatic rings. The molecule has 25 heavy (non-hydrogen) atoms. The molecule has 2 heterocycles. The van der Waals surface area contributed by atoms with Crippen molar-refractivity contribution in [2.24, 2.45) is 5.92 Å². The normalized spacial score (nSPS) is 15.2. The minimum absolute atomic E-state index is 0.0337. The van der Waals surface area contributed by atoms with Gasteiger partial charge in [0.2, 0.25) is 5.91 Å². The molecule has 2 aromatic rings. The number of piperidine rings is 1. The van der Waals surface area contributed by atoms with E-state index in [4.69, 9.17) is 0 Å². The van der Waals surface area contributed by atoms with Gasteiger partial charge in [0.1, 0.15) is 0 Å². The van der Waals surface area contributed by atoms with Crippen LogP contribution in [-0.2, 0) is 11.3 Å². The Morgan fingerprint density at radius 2 is 1.80 bits per heavy atom. The monoisotopic (exact) mass is 338 g/mol. The number of nitrogens with zero attached hydrogens (tertiary/aromatic N) is 2. The van der Waals surface area contributed by atoms with Crippen LogP contribution in [0.3, 0.4) is 0 Å². The van der Waals surface area contributed by atoms with E-state index in [1.165, 1.54) is 18.5 Å². The van der Waals surface area contributed by atoms with E-state index in [1.807, 2.05) is 24.3 Å². The van der Waals surface area contributed by atoms with Crippen molar-refractivity contribution in [2.45, 2.75) is 26.3 Å². The molecule has 1 fully saturated rings. The van der Waals surface area contributed by atoms with E-state index >= 15 is 0 Å². The highest BCUT2D eigenvalue weighted by Gasteiger charge is 2.15. The van der Waals surface area contributed by atoms with Crippen molar-refractivity contribution in [3.63, 3.8) is 0 Å². The third kappa shape index (κ3) is 5.29. The Hall–Kier alpha value is -2.40. The lowest BCUT2D eigenvalue weighted by atomic mass is 9.99. The van der Waals surface area contributed by atoms with Crippen molar-refractivity contribution in [1.82, 2.24) is 10.3 Å². The number of hydrogen-bond acceptors (Lipinski definition) is 4. The zero-order valence-corrected chi connectivity index (χ0v) is 14.7. The lowest BCUT2D eigenvalue weighted by Gasteiger charge is -2.32. The molecule has 0 aliphatic carbocycles. The highest BCUT2D eigenvalue weighted by Crippen LogP contribution is 2.24. The molecule has 0 spiro atoms. The number of amides is 1. The lowest BCUT2D eigenvalue weighted by Crippen LogP contribution is -2.32. The largest absolute Gasteiger partial charge is 0.372 e. The topological polar surface area (TPSA) is 57.3 Å². The molecule has 0 radical (unpaired) electrons. The summed E-state index contributed by atoms with van der Waals surface area (Å²) in [5, 5.41) is 6.07. The van der Waals surface area contributed by atoms with Gasteiger partial charge in [-0.1, -0.05) is 6.92 Å². The molecule has 1 amide bonds. The van der Waals surface area contributed by atoms with E-state index in [0.717, 1.165) is 30.3 Å². The van der Waals surface area contributed by atoms with Gasteiger partial charge in [-0.2, -0.15) is 0 Å². The Morgan fingerprint density at radius 3 is 2.48 bits per heavy atom. The van der Waals surface area contributed by atoms with Crippen LogP contribution < -0.4 is 15.5 Å². The van der Waals surface area contributed by atoms with Crippen LogP contribution in [0.25, 0.3) is 0 Å². The first-order chi connectivity index (χ1) is 12.2. The van der Waals surface area contributed by atoms with Crippen LogP contribution in [0.15, 0.2) is 48.8 Å². The molecular formula is C20H26N4O. The fraction of sp³-hybridized carbons (Fsp3) is 0.400. The van der Waals surface area contributed by atoms with Crippen molar-refractivity contribution >= 4 is 17.3 Å². The molecule has 5 heteroatoms. The Bertz CT molecular complexity index is 664. The van der Waals surface area contributed by atoms with Crippen molar-refractivity contribution in [2.75, 3.05) is 29.9 Å². The zero-order chi connectivity index (χ0) is 17.5. The Balaban J connectivity index is 1.44. The van der Waals surface area contributed by atoms with E-state index in [0.29, 0.717) is 6.54 Å². The Labute approximate surface area is 149 Å². The standard InChI is InChI=1S/C20H26N4O/c1-16-8-12-24(13-9-16)19-4-2-18(3-5-19)23-20(25)15-22-14-17-6-10-21-11-7-17/h2-7,10-11,16,22H,8-9,12-15H2,1H3,(H,23,25). The second-order valence-corrected chi connectivity index (χ2v) is 6.72. The third-order valence-corrected chi connectivity index (χ3v) is 4.66. The van der Waals surface area contributed by atoms with Crippen LogP contribution in [0.5, 0.6) is 0 Å². The van der Waals surface area contributed by atoms with Gasteiger partial charge < -0.3 is 15.5 Å². The van der Waals surface area contributed by atoms with Gasteiger partial charge in [0.25, 0.3) is 0 Å². The van der Waals surface area contributed by atoms with Gasteiger partial charge in [-0.25, -0.2) is 0 Å². The average molecular weight is 338 g/mol. The summed E-state index contributed by atoms with van der Waals surface area (Å²) in [5.74, 6) is 0.795. The van der Waals surface area contributed by atoms with Gasteiger partial charge in [-0.15, -0.1) is 0 Å². The molecule has 0 saturated carbocycles. The van der Waals surface area contributed by atoms with E-state index in [1.54, 1.807) is 12.4 Å². The highest BCUT2D eigenvalue weighted by atomic mass is 16.1. The number of rotatable bonds is 6. The minimum atomic E-state index is -0.0337. The molecule has 1 aliphatic heterocycles. The fourth-order valence-electron chi connectivity index (χ4n) is 3.05. The van der Waals surface area contributed by atoms with Crippen LogP contribution in [-0.4, -0.2) is 30.5 Å². The maximum absolute atomic E-state index is 12.0. The number of carbonyl (C=O) groups excluding carboxylic acids is 1. The third-order valence-electron chi connectivity index (χ3n) is 4.66. The molecule has 5 nitrogen and oxygen atoms in total. The highest BCUT2D eigenvalue weighted by molar-refractivity contribution is 5.92. The summed E-state index contributed by atoms with van der Waals surface area (Å²) in [6.45, 7) is 5.49. The molecule has 1 saturated heterocycles. The SMILES string of the molecule is CC1CCN(c2ccc(NC(=O)CNCc3ccncc3)cc2)CC1. The van der Waals surface area contributed by atoms with Gasteiger partial charge >= 0.3 is 0 Å². The van der Waals surface area contributed by atoms with E-state index in [2.05, 4.69) is 39.6 Å². The number of anilines is 2. The van der Waals surface area contributed by atoms with Crippen molar-refractivity contribution in [1.29, 1.82) is 0 Å². The predicted molar refractivity (Wildman–Crippen MR) is 102 cm³/mol. The second-order valence-electron chi connectivity index (χ2n) is 6.72. The summed E-state index contributed by atoms with van der Waals surface area (Å²) in [6, 6.07) is 12.0. The summed E-state index contributed by atoms with van der Waals surface area (Å²) < 4.78 is 0. The Morgan fingerprint density at radius 1 is 1.12 bits per heavy atom. The van der Waals surface area contributed by atoms with Crippen molar-refractivity contribution in [3.05, 3.63) is 54.4 Å². The summed E-state index contributed by atoms with van der Waals surface area (Å²) in [7, 11) is 0. The number of nitrogens with one attached hydrogen (secondary N) is 2. The van der Waals surface area contributed by atoms with Crippen LogP contribution in [0, 0.1) is 5.92 Å². The maximum atomic E-state index is 12.0. The molecule has 0 bridgehead atoms. The fourth-order valence-corrected chi connectivity index (χ4v) is 3.05. The van der Waals surface area contributed by atoms with E-state index < -0.39 is 0 Å². The zero-order valence-electron chi connectivity index (χ0n) is 14.7. The molecule has 0 atom stereocenters. The summed E-state index contributed by atoms with van der Waals surface area (Å²) in [4.78, 5) is 18.4. The van der Waals surface area contributed by atoms with Gasteiger partial charge in [0.05, 0.1) is 6.54 Å². The van der Waals surface area contributed by atoms with Gasteiger partial charge in [-0.05, 0) is 60.7 Å². The van der Waals surface area contributed by atoms with E-state index in [9.17, 15) is 4.79 Å². The number of aromatic nitrogens is 1. The van der Waals surface area contributed by atoms with Crippen LogP contribution in [0.4, 0.5) is 11.4 Å². The van der Waals surface area contributed by atoms with Gasteiger partial charge in [-0.3, -0.25) is 9.78 Å². The first-order valence-electron chi connectivity index (χ1n) is 8.95. The van der Waals surface area contributed by atoms with Gasteiger partial charge in [0, 0.05) is 43.4 Å². The molecule has 3 rings (SSSR count). The van der Waals surface area contributed by atoms with Crippen molar-refractivity contribution in [3.8, 4) is 0 Å². The number of hydrogen-bond donors (Lipinski definition) is 2. The Kier molecular flexibility index (Phi) is 6.01. The summed E-state index contributed by atoms with van der Waals surface area (Å²) in [6.07, 6.45) is 6.01. The first kappa shape index (κ1) is 17.4. The van der Waals surface area contributed by atoms with Crippen LogP contribution in [0.1, 0.15) is 25.3 Å². The lowest BCUT2D eigenvalue weighted by molar-refractivity contribution is -0.115. The van der Waals surface area contributed by atoms with Gasteiger partial charge in [0.15, 0.2) is 0 Å². The van der Waals surface area contributed by atoms with Crippen LogP contribution >= 0.6 is 0 Å². The summed E-state index contributed by atoms with van der Waals surface area (Å²) in [5.41, 5.74) is 3.19. The number of carbonyl (C=O) groups is 1. The summed E-state index contributed by atoms with van der Waals surface area (Å²) >= 11 is 0. The minimum Gasteiger partial charge on any atom is -0.372 e. The molecule has 2 N–H and O–H groups in total. The van der Waals surface area contributed by atoms with Crippen molar-refractivity contribution < 1.29 is 4.79 Å². The first-order valence-corrected chi connectivity index (χ1v) is 8.95. The molecule has 1 aromatic carbocycles. The predicted octanol–water partition coefficient (Wildman–Crippen LogP) is 3.05. The molecular weight excluding hydrogens is 312 g/mol. The molecule has 132 valence electrons. The number of benzene rings is 1. The smallest absolute Gasteiger partial charge is 0.238 e. The molecule has 1 aromatic heterocycles.